The SMILES string of the molecule is NC(C1CCCCCC1)C1CC1c1ccccc1. The van der Waals surface area contributed by atoms with Gasteiger partial charge < -0.3 is 5.73 Å². The smallest absolute Gasteiger partial charge is 0.0102 e. The van der Waals surface area contributed by atoms with Gasteiger partial charge >= 0.3 is 0 Å². The predicted molar refractivity (Wildman–Crippen MR) is 76.5 cm³/mol. The lowest BCUT2D eigenvalue weighted by molar-refractivity contribution is 0.342. The predicted octanol–water partition coefficient (Wildman–Crippen LogP) is 4.09. The molecule has 2 fully saturated rings. The number of hydrogen-bond donors (Lipinski definition) is 1. The van der Waals surface area contributed by atoms with E-state index in [2.05, 4.69) is 30.3 Å². The summed E-state index contributed by atoms with van der Waals surface area (Å²) in [5.41, 5.74) is 8.06. The molecule has 0 spiro atoms. The Balaban J connectivity index is 1.60. The van der Waals surface area contributed by atoms with E-state index in [1.165, 1.54) is 50.5 Å². The molecular weight excluding hydrogens is 218 g/mol. The molecule has 2 N–H and O–H groups in total. The fourth-order valence-corrected chi connectivity index (χ4v) is 3.77. The normalized spacial score (nSPS) is 30.7. The van der Waals surface area contributed by atoms with Gasteiger partial charge in [-0.25, -0.2) is 0 Å². The Morgan fingerprint density at radius 2 is 1.61 bits per heavy atom. The summed E-state index contributed by atoms with van der Waals surface area (Å²) in [5.74, 6) is 2.31. The molecular formula is C17H25N. The zero-order valence-electron chi connectivity index (χ0n) is 11.2. The first kappa shape index (κ1) is 12.2. The molecule has 1 aromatic carbocycles. The van der Waals surface area contributed by atoms with Crippen LogP contribution in [0.3, 0.4) is 0 Å². The van der Waals surface area contributed by atoms with Crippen molar-refractivity contribution >= 4 is 0 Å². The van der Waals surface area contributed by atoms with Crippen LogP contribution in [0.1, 0.15) is 56.4 Å². The van der Waals surface area contributed by atoms with Crippen LogP contribution in [-0.4, -0.2) is 6.04 Å². The summed E-state index contributed by atoms with van der Waals surface area (Å²) in [4.78, 5) is 0. The maximum Gasteiger partial charge on any atom is 0.0102 e. The number of benzene rings is 1. The number of rotatable bonds is 3. The molecule has 0 aliphatic heterocycles. The highest BCUT2D eigenvalue weighted by Crippen LogP contribution is 2.51. The molecule has 3 atom stereocenters. The van der Waals surface area contributed by atoms with Crippen LogP contribution in [-0.2, 0) is 0 Å². The third-order valence-corrected chi connectivity index (χ3v) is 5.01. The van der Waals surface area contributed by atoms with Crippen LogP contribution in [0, 0.1) is 11.8 Å². The Morgan fingerprint density at radius 3 is 2.28 bits per heavy atom. The van der Waals surface area contributed by atoms with Crippen molar-refractivity contribution < 1.29 is 0 Å². The molecule has 0 heterocycles. The highest BCUT2D eigenvalue weighted by atomic mass is 14.7. The maximum absolute atomic E-state index is 6.55. The van der Waals surface area contributed by atoms with E-state index in [4.69, 9.17) is 5.73 Å². The monoisotopic (exact) mass is 243 g/mol. The Labute approximate surface area is 111 Å². The zero-order chi connectivity index (χ0) is 12.4. The van der Waals surface area contributed by atoms with Gasteiger partial charge in [0.05, 0.1) is 0 Å². The molecule has 1 heteroatoms. The topological polar surface area (TPSA) is 26.0 Å². The summed E-state index contributed by atoms with van der Waals surface area (Å²) >= 11 is 0. The Bertz CT molecular complexity index is 364. The molecule has 0 radical (unpaired) electrons. The molecule has 0 bridgehead atoms. The summed E-state index contributed by atoms with van der Waals surface area (Å²) < 4.78 is 0. The van der Waals surface area contributed by atoms with E-state index < -0.39 is 0 Å². The van der Waals surface area contributed by atoms with Crippen LogP contribution < -0.4 is 5.73 Å². The van der Waals surface area contributed by atoms with Crippen molar-refractivity contribution in [2.75, 3.05) is 0 Å². The van der Waals surface area contributed by atoms with Gasteiger partial charge in [0, 0.05) is 6.04 Å². The third kappa shape index (κ3) is 2.61. The second-order valence-electron chi connectivity index (χ2n) is 6.25. The lowest BCUT2D eigenvalue weighted by Gasteiger charge is -2.22. The summed E-state index contributed by atoms with van der Waals surface area (Å²) in [5, 5.41) is 0. The Kier molecular flexibility index (Phi) is 3.69. The average Bonchev–Trinajstić information content (AvgIpc) is 3.23. The number of nitrogens with two attached hydrogens (primary N) is 1. The highest BCUT2D eigenvalue weighted by molar-refractivity contribution is 5.26. The second kappa shape index (κ2) is 5.44. The molecule has 3 rings (SSSR count). The van der Waals surface area contributed by atoms with Crippen molar-refractivity contribution in [3.63, 3.8) is 0 Å². The molecule has 2 aliphatic carbocycles. The lowest BCUT2D eigenvalue weighted by atomic mass is 9.88. The fourth-order valence-electron chi connectivity index (χ4n) is 3.77. The minimum absolute atomic E-state index is 0.452. The van der Waals surface area contributed by atoms with E-state index in [0.29, 0.717) is 6.04 Å². The van der Waals surface area contributed by atoms with E-state index in [9.17, 15) is 0 Å². The fraction of sp³-hybridized carbons (Fsp3) is 0.647. The van der Waals surface area contributed by atoms with Gasteiger partial charge in [0.15, 0.2) is 0 Å². The van der Waals surface area contributed by atoms with Crippen molar-refractivity contribution in [1.29, 1.82) is 0 Å². The molecule has 98 valence electrons. The van der Waals surface area contributed by atoms with Gasteiger partial charge in [-0.2, -0.15) is 0 Å². The molecule has 1 aromatic rings. The lowest BCUT2D eigenvalue weighted by Crippen LogP contribution is -2.32. The van der Waals surface area contributed by atoms with Crippen LogP contribution in [0.25, 0.3) is 0 Å². The van der Waals surface area contributed by atoms with Gasteiger partial charge in [-0.15, -0.1) is 0 Å². The highest BCUT2D eigenvalue weighted by Gasteiger charge is 2.44. The second-order valence-corrected chi connectivity index (χ2v) is 6.25. The van der Waals surface area contributed by atoms with Gasteiger partial charge in [-0.05, 0) is 42.6 Å². The van der Waals surface area contributed by atoms with Gasteiger partial charge in [-0.3, -0.25) is 0 Å². The van der Waals surface area contributed by atoms with Gasteiger partial charge in [0.2, 0.25) is 0 Å². The van der Waals surface area contributed by atoms with Crippen LogP contribution in [0.4, 0.5) is 0 Å². The van der Waals surface area contributed by atoms with Crippen molar-refractivity contribution in [3.05, 3.63) is 35.9 Å². The van der Waals surface area contributed by atoms with Crippen LogP contribution >= 0.6 is 0 Å². The van der Waals surface area contributed by atoms with Gasteiger partial charge in [0.1, 0.15) is 0 Å². The minimum atomic E-state index is 0.452. The van der Waals surface area contributed by atoms with Crippen molar-refractivity contribution in [2.24, 2.45) is 17.6 Å². The van der Waals surface area contributed by atoms with Gasteiger partial charge in [0.25, 0.3) is 0 Å². The number of hydrogen-bond acceptors (Lipinski definition) is 1. The van der Waals surface area contributed by atoms with E-state index in [-0.39, 0.29) is 0 Å². The summed E-state index contributed by atoms with van der Waals surface area (Å²) in [6.45, 7) is 0. The minimum Gasteiger partial charge on any atom is -0.327 e. The zero-order valence-corrected chi connectivity index (χ0v) is 11.2. The summed E-state index contributed by atoms with van der Waals surface area (Å²) in [6, 6.07) is 11.4. The molecule has 3 unspecified atom stereocenters. The molecule has 0 saturated heterocycles. The first-order chi connectivity index (χ1) is 8.86. The average molecular weight is 243 g/mol. The quantitative estimate of drug-likeness (QED) is 0.795. The van der Waals surface area contributed by atoms with E-state index in [1.807, 2.05) is 0 Å². The molecule has 2 aliphatic rings. The third-order valence-electron chi connectivity index (χ3n) is 5.01. The molecule has 0 aromatic heterocycles. The van der Waals surface area contributed by atoms with Crippen LogP contribution in [0.5, 0.6) is 0 Å². The maximum atomic E-state index is 6.55. The van der Waals surface area contributed by atoms with E-state index in [0.717, 1.165) is 17.8 Å². The van der Waals surface area contributed by atoms with E-state index in [1.54, 1.807) is 0 Å². The Hall–Kier alpha value is -0.820. The largest absolute Gasteiger partial charge is 0.327 e. The van der Waals surface area contributed by atoms with Crippen LogP contribution in [0.2, 0.25) is 0 Å². The summed E-state index contributed by atoms with van der Waals surface area (Å²) in [6.07, 6.45) is 9.73. The van der Waals surface area contributed by atoms with Gasteiger partial charge in [-0.1, -0.05) is 56.0 Å². The molecule has 2 saturated carbocycles. The van der Waals surface area contributed by atoms with Crippen molar-refractivity contribution in [3.8, 4) is 0 Å². The van der Waals surface area contributed by atoms with E-state index >= 15 is 0 Å². The first-order valence-corrected chi connectivity index (χ1v) is 7.67. The first-order valence-electron chi connectivity index (χ1n) is 7.67. The van der Waals surface area contributed by atoms with Crippen molar-refractivity contribution in [2.45, 2.75) is 56.9 Å². The Morgan fingerprint density at radius 1 is 0.944 bits per heavy atom. The van der Waals surface area contributed by atoms with Crippen LogP contribution in [0.15, 0.2) is 30.3 Å². The molecule has 0 amide bonds. The molecule has 1 nitrogen and oxygen atoms in total. The summed E-state index contributed by atoms with van der Waals surface area (Å²) in [7, 11) is 0. The standard InChI is InChI=1S/C17H25N/c18-17(14-10-4-1-2-5-11-14)16-12-15(16)13-8-6-3-7-9-13/h3,6-9,14-17H,1-2,4-5,10-12,18H2. The molecule has 18 heavy (non-hydrogen) atoms. The van der Waals surface area contributed by atoms with Crippen molar-refractivity contribution in [1.82, 2.24) is 0 Å².